The molecule has 1 N–H and O–H groups in total. The molecule has 2 aromatic rings. The molecule has 0 radical (unpaired) electrons. The molecule has 4 nitrogen and oxygen atoms in total. The average molecular weight is 349 g/mol. The van der Waals surface area contributed by atoms with Gasteiger partial charge in [-0.3, -0.25) is 9.69 Å². The normalized spacial score (nSPS) is 18.8. The minimum absolute atomic E-state index is 0.122. The number of hydrogen-bond acceptors (Lipinski definition) is 4. The Morgan fingerprint density at radius 2 is 1.88 bits per heavy atom. The molecule has 0 aliphatic carbocycles. The van der Waals surface area contributed by atoms with E-state index >= 15 is 0 Å². The molecule has 0 atom stereocenters. The number of aryl methyl sites for hydroxylation is 1. The van der Waals surface area contributed by atoms with Crippen molar-refractivity contribution in [2.24, 2.45) is 0 Å². The Hall–Kier alpha value is -2.59. The first kappa shape index (κ1) is 16.9. The van der Waals surface area contributed by atoms with Crippen molar-refractivity contribution in [1.82, 2.24) is 4.90 Å². The highest BCUT2D eigenvalue weighted by molar-refractivity contribution is 6.15. The molecule has 0 unspecified atom stereocenters. The largest absolute Gasteiger partial charge is 0.507 e. The van der Waals surface area contributed by atoms with E-state index in [0.29, 0.717) is 29.2 Å². The Kier molecular flexibility index (Phi) is 4.51. The van der Waals surface area contributed by atoms with Gasteiger partial charge in [-0.1, -0.05) is 30.7 Å². The highest BCUT2D eigenvalue weighted by Crippen LogP contribution is 2.40. The fourth-order valence-electron chi connectivity index (χ4n) is 3.68. The number of piperidine rings is 1. The molecule has 2 aromatic carbocycles. The number of Topliss-reactive ketones (excluding diaryl/α,β-unsaturated/α-hetero) is 1. The predicted molar refractivity (Wildman–Crippen MR) is 101 cm³/mol. The number of ether oxygens (including phenoxy) is 1. The van der Waals surface area contributed by atoms with Crippen LogP contribution in [0.4, 0.5) is 0 Å². The van der Waals surface area contributed by atoms with Gasteiger partial charge in [0.15, 0.2) is 5.76 Å². The number of fused-ring (bicyclic) bond motifs is 1. The Balaban J connectivity index is 1.67. The molecule has 2 aliphatic rings. The van der Waals surface area contributed by atoms with E-state index in [-0.39, 0.29) is 11.5 Å². The van der Waals surface area contributed by atoms with Crippen LogP contribution in [-0.4, -0.2) is 28.9 Å². The summed E-state index contributed by atoms with van der Waals surface area (Å²) in [6.07, 6.45) is 5.40. The molecule has 1 saturated heterocycles. The van der Waals surface area contributed by atoms with E-state index in [0.717, 1.165) is 24.2 Å². The van der Waals surface area contributed by atoms with E-state index in [2.05, 4.69) is 4.90 Å². The minimum atomic E-state index is -0.122. The van der Waals surface area contributed by atoms with Crippen molar-refractivity contribution in [3.8, 4) is 11.5 Å². The van der Waals surface area contributed by atoms with Crippen LogP contribution in [0.2, 0.25) is 0 Å². The number of carbonyl (C=O) groups is 1. The molecule has 0 spiro atoms. The summed E-state index contributed by atoms with van der Waals surface area (Å²) in [6, 6.07) is 11.2. The van der Waals surface area contributed by atoms with Crippen molar-refractivity contribution in [3.05, 3.63) is 64.4 Å². The topological polar surface area (TPSA) is 49.8 Å². The Morgan fingerprint density at radius 3 is 2.65 bits per heavy atom. The number of phenols is 1. The van der Waals surface area contributed by atoms with Crippen LogP contribution < -0.4 is 4.74 Å². The second-order valence-corrected chi connectivity index (χ2v) is 7.07. The molecule has 1 fully saturated rings. The van der Waals surface area contributed by atoms with Gasteiger partial charge in [-0.15, -0.1) is 0 Å². The van der Waals surface area contributed by atoms with Crippen molar-refractivity contribution in [3.63, 3.8) is 0 Å². The summed E-state index contributed by atoms with van der Waals surface area (Å²) < 4.78 is 5.96. The first-order valence-electron chi connectivity index (χ1n) is 9.20. The van der Waals surface area contributed by atoms with Crippen LogP contribution in [0.25, 0.3) is 6.08 Å². The number of ketones is 1. The number of benzene rings is 2. The maximum atomic E-state index is 12.8. The van der Waals surface area contributed by atoms with E-state index in [1.165, 1.54) is 19.3 Å². The van der Waals surface area contributed by atoms with Crippen molar-refractivity contribution >= 4 is 11.9 Å². The van der Waals surface area contributed by atoms with Gasteiger partial charge in [0.2, 0.25) is 5.78 Å². The second kappa shape index (κ2) is 6.96. The Bertz CT molecular complexity index is 879. The third-order valence-electron chi connectivity index (χ3n) is 5.22. The standard InChI is InChI=1S/C22H23NO3/c1-15-7-3-4-8-16(15)13-20-21(25)17-9-10-19(24)18(22(17)26-20)14-23-11-5-2-6-12-23/h3-4,7-10,13,24H,2,5-6,11-12,14H2,1H3/b20-13-. The molecule has 134 valence electrons. The van der Waals surface area contributed by atoms with E-state index in [9.17, 15) is 9.90 Å². The number of carbonyl (C=O) groups excluding carboxylic acids is 1. The lowest BCUT2D eigenvalue weighted by molar-refractivity contribution is 0.101. The van der Waals surface area contributed by atoms with Gasteiger partial charge in [-0.2, -0.15) is 0 Å². The zero-order valence-electron chi connectivity index (χ0n) is 15.0. The quantitative estimate of drug-likeness (QED) is 0.839. The van der Waals surface area contributed by atoms with Gasteiger partial charge < -0.3 is 9.84 Å². The summed E-state index contributed by atoms with van der Waals surface area (Å²) in [7, 11) is 0. The molecule has 0 amide bonds. The zero-order chi connectivity index (χ0) is 18.1. The minimum Gasteiger partial charge on any atom is -0.507 e. The SMILES string of the molecule is Cc1ccccc1/C=C1\Oc2c(ccc(O)c2CN2CCCCC2)C1=O. The second-order valence-electron chi connectivity index (χ2n) is 7.07. The summed E-state index contributed by atoms with van der Waals surface area (Å²) in [4.78, 5) is 15.1. The molecule has 2 aliphatic heterocycles. The van der Waals surface area contributed by atoms with Gasteiger partial charge in [-0.25, -0.2) is 0 Å². The first-order valence-corrected chi connectivity index (χ1v) is 9.20. The molecule has 4 heteroatoms. The van der Waals surface area contributed by atoms with Crippen LogP contribution in [0.15, 0.2) is 42.2 Å². The molecular formula is C22H23NO3. The fourth-order valence-corrected chi connectivity index (χ4v) is 3.68. The Labute approximate surface area is 153 Å². The van der Waals surface area contributed by atoms with Crippen LogP contribution in [0, 0.1) is 6.92 Å². The number of rotatable bonds is 3. The van der Waals surface area contributed by atoms with Gasteiger partial charge in [0.25, 0.3) is 0 Å². The molecule has 0 bridgehead atoms. The molecule has 26 heavy (non-hydrogen) atoms. The van der Waals surface area contributed by atoms with Crippen LogP contribution in [-0.2, 0) is 6.54 Å². The van der Waals surface area contributed by atoms with Crippen molar-refractivity contribution in [2.45, 2.75) is 32.7 Å². The van der Waals surface area contributed by atoms with Crippen molar-refractivity contribution < 1.29 is 14.6 Å². The lowest BCUT2D eigenvalue weighted by Crippen LogP contribution is -2.29. The van der Waals surface area contributed by atoms with Crippen LogP contribution in [0.3, 0.4) is 0 Å². The maximum Gasteiger partial charge on any atom is 0.231 e. The van der Waals surface area contributed by atoms with E-state index in [1.807, 2.05) is 31.2 Å². The van der Waals surface area contributed by atoms with Gasteiger partial charge in [0, 0.05) is 6.54 Å². The zero-order valence-corrected chi connectivity index (χ0v) is 15.0. The summed E-state index contributed by atoms with van der Waals surface area (Å²) in [6.45, 7) is 4.65. The van der Waals surface area contributed by atoms with Crippen molar-refractivity contribution in [1.29, 1.82) is 0 Å². The summed E-state index contributed by atoms with van der Waals surface area (Å²) >= 11 is 0. The number of hydrogen-bond donors (Lipinski definition) is 1. The van der Waals surface area contributed by atoms with Crippen LogP contribution in [0.5, 0.6) is 11.5 Å². The molecular weight excluding hydrogens is 326 g/mol. The van der Waals surface area contributed by atoms with Crippen LogP contribution >= 0.6 is 0 Å². The van der Waals surface area contributed by atoms with Crippen molar-refractivity contribution in [2.75, 3.05) is 13.1 Å². The average Bonchev–Trinajstić information content (AvgIpc) is 2.96. The highest BCUT2D eigenvalue weighted by Gasteiger charge is 2.31. The molecule has 4 rings (SSSR count). The predicted octanol–water partition coefficient (Wildman–Crippen LogP) is 4.30. The number of nitrogens with zero attached hydrogens (tertiary/aromatic N) is 1. The lowest BCUT2D eigenvalue weighted by Gasteiger charge is -2.27. The van der Waals surface area contributed by atoms with E-state index in [1.54, 1.807) is 18.2 Å². The fraction of sp³-hybridized carbons (Fsp3) is 0.318. The Morgan fingerprint density at radius 1 is 1.12 bits per heavy atom. The molecule has 0 saturated carbocycles. The van der Waals surface area contributed by atoms with E-state index < -0.39 is 0 Å². The van der Waals surface area contributed by atoms with E-state index in [4.69, 9.17) is 4.74 Å². The number of aromatic hydroxyl groups is 1. The summed E-state index contributed by atoms with van der Waals surface area (Å²) in [5.41, 5.74) is 3.30. The molecule has 0 aromatic heterocycles. The van der Waals surface area contributed by atoms with Gasteiger partial charge in [0.1, 0.15) is 11.5 Å². The summed E-state index contributed by atoms with van der Waals surface area (Å²) in [5.74, 6) is 0.905. The maximum absolute atomic E-state index is 12.8. The third-order valence-corrected chi connectivity index (χ3v) is 5.22. The first-order chi connectivity index (χ1) is 12.6. The third kappa shape index (κ3) is 3.13. The monoisotopic (exact) mass is 349 g/mol. The smallest absolute Gasteiger partial charge is 0.231 e. The number of phenolic OH excluding ortho intramolecular Hbond substituents is 1. The lowest BCUT2D eigenvalue weighted by atomic mass is 10.0. The highest BCUT2D eigenvalue weighted by atomic mass is 16.5. The van der Waals surface area contributed by atoms with Gasteiger partial charge in [-0.05, 0) is 62.2 Å². The molecule has 2 heterocycles. The number of allylic oxidation sites excluding steroid dienone is 1. The van der Waals surface area contributed by atoms with Crippen LogP contribution in [0.1, 0.15) is 46.3 Å². The van der Waals surface area contributed by atoms with Gasteiger partial charge >= 0.3 is 0 Å². The summed E-state index contributed by atoms with van der Waals surface area (Å²) in [5, 5.41) is 10.4. The van der Waals surface area contributed by atoms with Gasteiger partial charge in [0.05, 0.1) is 11.1 Å². The number of likely N-dealkylation sites (tertiary alicyclic amines) is 1.